The number of carbonyl (C=O) groups is 1. The van der Waals surface area contributed by atoms with Crippen LogP contribution in [0.15, 0.2) is 60.9 Å². The van der Waals surface area contributed by atoms with Crippen molar-refractivity contribution in [2.75, 3.05) is 24.4 Å². The Kier molecular flexibility index (Phi) is 4.70. The predicted molar refractivity (Wildman–Crippen MR) is 109 cm³/mol. The van der Waals surface area contributed by atoms with E-state index in [1.807, 2.05) is 24.3 Å². The number of nitrogens with zero attached hydrogens (tertiary/aromatic N) is 5. The Morgan fingerprint density at radius 2 is 1.83 bits per heavy atom. The molecule has 0 saturated heterocycles. The molecule has 9 heteroatoms. The fourth-order valence-electron chi connectivity index (χ4n) is 2.80. The molecular formula is C20H18N6O3. The van der Waals surface area contributed by atoms with Crippen molar-refractivity contribution in [2.24, 2.45) is 0 Å². The molecule has 0 saturated carbocycles. The van der Waals surface area contributed by atoms with Gasteiger partial charge in [0.1, 0.15) is 5.75 Å². The Balaban J connectivity index is 1.61. The van der Waals surface area contributed by atoms with Gasteiger partial charge in [0.15, 0.2) is 5.65 Å². The van der Waals surface area contributed by atoms with Gasteiger partial charge in [-0.15, -0.1) is 0 Å². The zero-order valence-corrected chi connectivity index (χ0v) is 15.8. The van der Waals surface area contributed by atoms with E-state index in [1.165, 1.54) is 7.05 Å². The lowest BCUT2D eigenvalue weighted by atomic mass is 10.2. The number of benzene rings is 2. The summed E-state index contributed by atoms with van der Waals surface area (Å²) in [5.74, 6) is 1.17. The van der Waals surface area contributed by atoms with Gasteiger partial charge in [-0.2, -0.15) is 10.1 Å². The summed E-state index contributed by atoms with van der Waals surface area (Å²) in [5, 5.41) is 17.4. The number of amides is 1. The molecule has 1 amide bonds. The average Bonchev–Trinajstić information content (AvgIpc) is 3.17. The number of carboxylic acid groups (broad SMARTS) is 1. The van der Waals surface area contributed by atoms with Crippen molar-refractivity contribution < 1.29 is 14.6 Å². The van der Waals surface area contributed by atoms with Crippen LogP contribution in [0.4, 0.5) is 22.1 Å². The van der Waals surface area contributed by atoms with Crippen molar-refractivity contribution in [1.29, 1.82) is 0 Å². The second-order valence-electron chi connectivity index (χ2n) is 6.24. The molecule has 4 aromatic rings. The molecule has 9 nitrogen and oxygen atoms in total. The van der Waals surface area contributed by atoms with Crippen molar-refractivity contribution in [3.8, 4) is 11.4 Å². The summed E-state index contributed by atoms with van der Waals surface area (Å²) in [6, 6.07) is 14.5. The number of anilines is 3. The molecule has 0 bridgehead atoms. The highest BCUT2D eigenvalue weighted by Gasteiger charge is 2.10. The van der Waals surface area contributed by atoms with Crippen LogP contribution in [0.3, 0.4) is 0 Å². The third-order valence-corrected chi connectivity index (χ3v) is 4.42. The molecule has 0 atom stereocenters. The first-order valence-corrected chi connectivity index (χ1v) is 8.74. The zero-order valence-electron chi connectivity index (χ0n) is 15.8. The molecule has 0 aliphatic heterocycles. The van der Waals surface area contributed by atoms with Gasteiger partial charge in [0, 0.05) is 24.6 Å². The van der Waals surface area contributed by atoms with Crippen molar-refractivity contribution in [3.05, 3.63) is 60.9 Å². The van der Waals surface area contributed by atoms with E-state index in [1.54, 1.807) is 48.5 Å². The van der Waals surface area contributed by atoms with Crippen molar-refractivity contribution in [2.45, 2.75) is 0 Å². The molecular weight excluding hydrogens is 372 g/mol. The fraction of sp³-hybridized carbons (Fsp3) is 0.100. The molecule has 0 unspecified atom stereocenters. The van der Waals surface area contributed by atoms with Crippen LogP contribution in [0.5, 0.6) is 5.75 Å². The molecule has 29 heavy (non-hydrogen) atoms. The summed E-state index contributed by atoms with van der Waals surface area (Å²) >= 11 is 0. The van der Waals surface area contributed by atoms with E-state index in [9.17, 15) is 4.79 Å². The minimum atomic E-state index is -1.02. The summed E-state index contributed by atoms with van der Waals surface area (Å²) in [4.78, 5) is 21.1. The average molecular weight is 390 g/mol. The van der Waals surface area contributed by atoms with Crippen LogP contribution in [-0.4, -0.2) is 45.1 Å². The molecule has 0 spiro atoms. The first-order chi connectivity index (χ1) is 14.0. The van der Waals surface area contributed by atoms with Crippen LogP contribution in [0.2, 0.25) is 0 Å². The lowest BCUT2D eigenvalue weighted by molar-refractivity contribution is 0.203. The number of methoxy groups -OCH3 is 1. The SMILES string of the molecule is COc1ccc(-n2ncc3cnc(Nc4ccc(N(C)C(=O)O)cc4)nc32)cc1. The monoisotopic (exact) mass is 390 g/mol. The van der Waals surface area contributed by atoms with Crippen molar-refractivity contribution in [1.82, 2.24) is 19.7 Å². The van der Waals surface area contributed by atoms with Crippen LogP contribution in [0, 0.1) is 0 Å². The number of fused-ring (bicyclic) bond motifs is 1. The maximum absolute atomic E-state index is 11.0. The number of rotatable bonds is 5. The largest absolute Gasteiger partial charge is 0.497 e. The van der Waals surface area contributed by atoms with E-state index < -0.39 is 6.09 Å². The lowest BCUT2D eigenvalue weighted by Crippen LogP contribution is -2.23. The van der Waals surface area contributed by atoms with Gasteiger partial charge < -0.3 is 15.2 Å². The molecule has 146 valence electrons. The van der Waals surface area contributed by atoms with Gasteiger partial charge >= 0.3 is 6.09 Å². The molecule has 2 aromatic heterocycles. The minimum absolute atomic E-state index is 0.409. The van der Waals surface area contributed by atoms with E-state index >= 15 is 0 Å². The molecule has 2 aromatic carbocycles. The summed E-state index contributed by atoms with van der Waals surface area (Å²) in [6.07, 6.45) is 2.38. The van der Waals surface area contributed by atoms with Crippen LogP contribution in [-0.2, 0) is 0 Å². The number of nitrogens with one attached hydrogen (secondary N) is 1. The quantitative estimate of drug-likeness (QED) is 0.535. The van der Waals surface area contributed by atoms with Gasteiger partial charge in [0.05, 0.1) is 24.4 Å². The topological polar surface area (TPSA) is 105 Å². The number of hydrogen-bond acceptors (Lipinski definition) is 6. The van der Waals surface area contributed by atoms with Gasteiger partial charge in [-0.1, -0.05) is 0 Å². The van der Waals surface area contributed by atoms with Gasteiger partial charge in [0.2, 0.25) is 5.95 Å². The van der Waals surface area contributed by atoms with E-state index in [0.29, 0.717) is 17.3 Å². The molecule has 0 radical (unpaired) electrons. The molecule has 2 heterocycles. The standard InChI is InChI=1S/C20H18N6O3/c1-25(20(27)28)15-5-3-14(4-6-15)23-19-21-11-13-12-22-26(18(13)24-19)16-7-9-17(29-2)10-8-16/h3-12H,1-2H3,(H,27,28)(H,21,23,24). The smallest absolute Gasteiger partial charge is 0.411 e. The Morgan fingerprint density at radius 3 is 2.48 bits per heavy atom. The molecule has 0 aliphatic carbocycles. The summed E-state index contributed by atoms with van der Waals surface area (Å²) < 4.78 is 6.92. The second-order valence-corrected chi connectivity index (χ2v) is 6.24. The summed E-state index contributed by atoms with van der Waals surface area (Å²) in [5.41, 5.74) is 2.82. The summed E-state index contributed by atoms with van der Waals surface area (Å²) in [7, 11) is 3.11. The highest BCUT2D eigenvalue weighted by molar-refractivity contribution is 5.85. The van der Waals surface area contributed by atoms with E-state index in [2.05, 4.69) is 20.4 Å². The normalized spacial score (nSPS) is 10.7. The molecule has 0 aliphatic rings. The zero-order chi connectivity index (χ0) is 20.4. The molecule has 4 rings (SSSR count). The predicted octanol–water partition coefficient (Wildman–Crippen LogP) is 3.68. The van der Waals surface area contributed by atoms with E-state index in [-0.39, 0.29) is 0 Å². The van der Waals surface area contributed by atoms with Gasteiger partial charge in [0.25, 0.3) is 0 Å². The third-order valence-electron chi connectivity index (χ3n) is 4.42. The third kappa shape index (κ3) is 3.65. The fourth-order valence-corrected chi connectivity index (χ4v) is 2.80. The highest BCUT2D eigenvalue weighted by atomic mass is 16.5. The molecule has 0 fully saturated rings. The molecule has 2 N–H and O–H groups in total. The summed E-state index contributed by atoms with van der Waals surface area (Å²) in [6.45, 7) is 0. The Labute approximate surface area is 166 Å². The maximum Gasteiger partial charge on any atom is 0.411 e. The number of ether oxygens (including phenoxy) is 1. The van der Waals surface area contributed by atoms with Crippen LogP contribution in [0.1, 0.15) is 0 Å². The van der Waals surface area contributed by atoms with Gasteiger partial charge in [-0.3, -0.25) is 4.90 Å². The van der Waals surface area contributed by atoms with Crippen LogP contribution >= 0.6 is 0 Å². The maximum atomic E-state index is 11.0. The minimum Gasteiger partial charge on any atom is -0.497 e. The second kappa shape index (κ2) is 7.47. The van der Waals surface area contributed by atoms with Crippen LogP contribution < -0.4 is 15.0 Å². The van der Waals surface area contributed by atoms with Crippen LogP contribution in [0.25, 0.3) is 16.7 Å². The first-order valence-electron chi connectivity index (χ1n) is 8.74. The Morgan fingerprint density at radius 1 is 1.10 bits per heavy atom. The first kappa shape index (κ1) is 18.2. The highest BCUT2D eigenvalue weighted by Crippen LogP contribution is 2.22. The van der Waals surface area contributed by atoms with Crippen molar-refractivity contribution >= 4 is 34.4 Å². The number of hydrogen-bond donors (Lipinski definition) is 2. The Bertz CT molecular complexity index is 1160. The van der Waals surface area contributed by atoms with E-state index in [0.717, 1.165) is 27.4 Å². The Hall–Kier alpha value is -4.14. The van der Waals surface area contributed by atoms with E-state index in [4.69, 9.17) is 9.84 Å². The van der Waals surface area contributed by atoms with Gasteiger partial charge in [-0.25, -0.2) is 14.5 Å². The number of aromatic nitrogens is 4. The van der Waals surface area contributed by atoms with Crippen molar-refractivity contribution in [3.63, 3.8) is 0 Å². The van der Waals surface area contributed by atoms with Gasteiger partial charge in [-0.05, 0) is 48.5 Å². The lowest BCUT2D eigenvalue weighted by Gasteiger charge is -2.13.